The largest absolute Gasteiger partial charge is 0.351 e. The highest BCUT2D eigenvalue weighted by Crippen LogP contribution is 2.20. The number of carbonyl (C=O) groups excluding carboxylic acids is 1. The molecule has 1 N–H and O–H groups in total. The zero-order valence-electron chi connectivity index (χ0n) is 13.4. The van der Waals surface area contributed by atoms with E-state index in [1.165, 1.54) is 25.7 Å². The van der Waals surface area contributed by atoms with Crippen LogP contribution in [0.4, 0.5) is 5.95 Å². The topological polar surface area (TPSA) is 58.1 Å². The van der Waals surface area contributed by atoms with Crippen molar-refractivity contribution in [3.63, 3.8) is 0 Å². The SMILES string of the molecule is CCNC(=O)c1cc(C(C)C)nc(N2CCCCCC2)n1. The molecule has 0 aromatic carbocycles. The summed E-state index contributed by atoms with van der Waals surface area (Å²) in [5, 5.41) is 2.82. The summed E-state index contributed by atoms with van der Waals surface area (Å²) >= 11 is 0. The maximum Gasteiger partial charge on any atom is 0.270 e. The third-order valence-corrected chi connectivity index (χ3v) is 3.78. The smallest absolute Gasteiger partial charge is 0.270 e. The van der Waals surface area contributed by atoms with Gasteiger partial charge in [-0.1, -0.05) is 26.7 Å². The van der Waals surface area contributed by atoms with Crippen LogP contribution in [0.3, 0.4) is 0 Å². The highest BCUT2D eigenvalue weighted by molar-refractivity contribution is 5.92. The lowest BCUT2D eigenvalue weighted by Gasteiger charge is -2.22. The van der Waals surface area contributed by atoms with Gasteiger partial charge in [0.1, 0.15) is 5.69 Å². The lowest BCUT2D eigenvalue weighted by atomic mass is 10.1. The van der Waals surface area contributed by atoms with E-state index in [0.29, 0.717) is 18.2 Å². The molecule has 5 nitrogen and oxygen atoms in total. The highest BCUT2D eigenvalue weighted by Gasteiger charge is 2.18. The highest BCUT2D eigenvalue weighted by atomic mass is 16.1. The van der Waals surface area contributed by atoms with Crippen LogP contribution in [0, 0.1) is 0 Å². The zero-order valence-corrected chi connectivity index (χ0v) is 13.4. The van der Waals surface area contributed by atoms with Gasteiger partial charge in [0.05, 0.1) is 0 Å². The van der Waals surface area contributed by atoms with E-state index in [9.17, 15) is 4.79 Å². The van der Waals surface area contributed by atoms with E-state index in [1.54, 1.807) is 0 Å². The molecule has 2 rings (SSSR count). The van der Waals surface area contributed by atoms with Crippen molar-refractivity contribution in [3.05, 3.63) is 17.5 Å². The molecule has 1 aliphatic rings. The van der Waals surface area contributed by atoms with E-state index in [0.717, 1.165) is 18.8 Å². The van der Waals surface area contributed by atoms with E-state index in [2.05, 4.69) is 34.0 Å². The Kier molecular flexibility index (Phi) is 5.53. The van der Waals surface area contributed by atoms with Crippen molar-refractivity contribution >= 4 is 11.9 Å². The summed E-state index contributed by atoms with van der Waals surface area (Å²) < 4.78 is 0. The summed E-state index contributed by atoms with van der Waals surface area (Å²) in [6.45, 7) is 8.68. The monoisotopic (exact) mass is 290 g/mol. The van der Waals surface area contributed by atoms with Crippen LogP contribution >= 0.6 is 0 Å². The molecule has 2 heterocycles. The van der Waals surface area contributed by atoms with E-state index >= 15 is 0 Å². The second kappa shape index (κ2) is 7.38. The summed E-state index contributed by atoms with van der Waals surface area (Å²) in [6, 6.07) is 1.82. The Morgan fingerprint density at radius 3 is 2.48 bits per heavy atom. The van der Waals surface area contributed by atoms with Crippen molar-refractivity contribution in [2.24, 2.45) is 0 Å². The minimum Gasteiger partial charge on any atom is -0.351 e. The van der Waals surface area contributed by atoms with Crippen LogP contribution in [0.25, 0.3) is 0 Å². The van der Waals surface area contributed by atoms with Gasteiger partial charge in [0.15, 0.2) is 0 Å². The summed E-state index contributed by atoms with van der Waals surface area (Å²) in [7, 11) is 0. The van der Waals surface area contributed by atoms with Crippen molar-refractivity contribution < 1.29 is 4.79 Å². The molecule has 5 heteroatoms. The number of anilines is 1. The first-order valence-electron chi connectivity index (χ1n) is 8.04. The molecule has 116 valence electrons. The average molecular weight is 290 g/mol. The van der Waals surface area contributed by atoms with Gasteiger partial charge in [-0.3, -0.25) is 4.79 Å². The molecule has 1 aromatic heterocycles. The predicted octanol–water partition coefficient (Wildman–Crippen LogP) is 2.73. The minimum absolute atomic E-state index is 0.113. The number of rotatable bonds is 4. The van der Waals surface area contributed by atoms with Crippen LogP contribution in [0.5, 0.6) is 0 Å². The van der Waals surface area contributed by atoms with Crippen LogP contribution in [0.15, 0.2) is 6.07 Å². The van der Waals surface area contributed by atoms with E-state index in [-0.39, 0.29) is 11.8 Å². The molecule has 0 aliphatic carbocycles. The third kappa shape index (κ3) is 4.16. The Balaban J connectivity index is 2.32. The third-order valence-electron chi connectivity index (χ3n) is 3.78. The van der Waals surface area contributed by atoms with Crippen molar-refractivity contribution in [2.75, 3.05) is 24.5 Å². The van der Waals surface area contributed by atoms with Crippen LogP contribution in [-0.4, -0.2) is 35.5 Å². The number of nitrogens with zero attached hydrogens (tertiary/aromatic N) is 3. The first kappa shape index (κ1) is 15.7. The fourth-order valence-corrected chi connectivity index (χ4v) is 2.53. The number of nitrogens with one attached hydrogen (secondary N) is 1. The van der Waals surface area contributed by atoms with E-state index < -0.39 is 0 Å². The van der Waals surface area contributed by atoms with Gasteiger partial charge < -0.3 is 10.2 Å². The molecular formula is C16H26N4O. The molecule has 21 heavy (non-hydrogen) atoms. The van der Waals surface area contributed by atoms with E-state index in [1.807, 2.05) is 13.0 Å². The Bertz CT molecular complexity index is 479. The van der Waals surface area contributed by atoms with Gasteiger partial charge in [-0.2, -0.15) is 0 Å². The first-order valence-corrected chi connectivity index (χ1v) is 8.04. The lowest BCUT2D eigenvalue weighted by Crippen LogP contribution is -2.29. The molecule has 1 aromatic rings. The maximum absolute atomic E-state index is 12.1. The molecule has 1 saturated heterocycles. The Morgan fingerprint density at radius 1 is 1.24 bits per heavy atom. The summed E-state index contributed by atoms with van der Waals surface area (Å²) in [5.41, 5.74) is 1.42. The summed E-state index contributed by atoms with van der Waals surface area (Å²) in [4.78, 5) is 23.5. The fourth-order valence-electron chi connectivity index (χ4n) is 2.53. The van der Waals surface area contributed by atoms with Crippen molar-refractivity contribution in [1.82, 2.24) is 15.3 Å². The quantitative estimate of drug-likeness (QED) is 0.926. The predicted molar refractivity (Wildman–Crippen MR) is 84.8 cm³/mol. The number of amides is 1. The molecule has 0 unspecified atom stereocenters. The van der Waals surface area contributed by atoms with Gasteiger partial charge in [-0.25, -0.2) is 9.97 Å². The number of carbonyl (C=O) groups is 1. The normalized spacial score (nSPS) is 15.9. The van der Waals surface area contributed by atoms with Gasteiger partial charge in [0.2, 0.25) is 5.95 Å². The van der Waals surface area contributed by atoms with Gasteiger partial charge in [0.25, 0.3) is 5.91 Å². The van der Waals surface area contributed by atoms with Crippen molar-refractivity contribution in [1.29, 1.82) is 0 Å². The molecule has 0 spiro atoms. The van der Waals surface area contributed by atoms with Crippen LogP contribution in [-0.2, 0) is 0 Å². The maximum atomic E-state index is 12.1. The molecule has 0 bridgehead atoms. The number of hydrogen-bond donors (Lipinski definition) is 1. The summed E-state index contributed by atoms with van der Waals surface area (Å²) in [5.74, 6) is 0.883. The van der Waals surface area contributed by atoms with Gasteiger partial charge >= 0.3 is 0 Å². The Labute approximate surface area is 127 Å². The Morgan fingerprint density at radius 2 is 1.90 bits per heavy atom. The Hall–Kier alpha value is -1.65. The minimum atomic E-state index is -0.113. The number of hydrogen-bond acceptors (Lipinski definition) is 4. The standard InChI is InChI=1S/C16H26N4O/c1-4-17-15(21)14-11-13(12(2)3)18-16(19-14)20-9-7-5-6-8-10-20/h11-12H,4-10H2,1-3H3,(H,17,21). The van der Waals surface area contributed by atoms with Gasteiger partial charge in [-0.15, -0.1) is 0 Å². The zero-order chi connectivity index (χ0) is 15.2. The first-order chi connectivity index (χ1) is 10.1. The molecule has 1 fully saturated rings. The second-order valence-electron chi connectivity index (χ2n) is 5.89. The average Bonchev–Trinajstić information content (AvgIpc) is 2.76. The van der Waals surface area contributed by atoms with Crippen LogP contribution < -0.4 is 10.2 Å². The number of aromatic nitrogens is 2. The molecular weight excluding hydrogens is 264 g/mol. The van der Waals surface area contributed by atoms with Crippen molar-refractivity contribution in [2.45, 2.75) is 52.4 Å². The summed E-state index contributed by atoms with van der Waals surface area (Å²) in [6.07, 6.45) is 4.88. The second-order valence-corrected chi connectivity index (χ2v) is 5.89. The van der Waals surface area contributed by atoms with Crippen LogP contribution in [0.1, 0.15) is 68.6 Å². The molecule has 0 atom stereocenters. The lowest BCUT2D eigenvalue weighted by molar-refractivity contribution is 0.0950. The van der Waals surface area contributed by atoms with Crippen molar-refractivity contribution in [3.8, 4) is 0 Å². The molecule has 1 aliphatic heterocycles. The van der Waals surface area contributed by atoms with Crippen LogP contribution in [0.2, 0.25) is 0 Å². The van der Waals surface area contributed by atoms with E-state index in [4.69, 9.17) is 0 Å². The molecule has 0 saturated carbocycles. The fraction of sp³-hybridized carbons (Fsp3) is 0.688. The van der Waals surface area contributed by atoms with Gasteiger partial charge in [0, 0.05) is 25.3 Å². The molecule has 1 amide bonds. The molecule has 0 radical (unpaired) electrons. The van der Waals surface area contributed by atoms with Gasteiger partial charge in [-0.05, 0) is 31.7 Å².